The molecule has 0 aromatic heterocycles. The van der Waals surface area contributed by atoms with Gasteiger partial charge in [0.25, 0.3) is 0 Å². The molecular weight excluding hydrogens is 132 g/mol. The minimum absolute atomic E-state index is 1.13. The Morgan fingerprint density at radius 1 is 0.909 bits per heavy atom. The van der Waals surface area contributed by atoms with Gasteiger partial charge in [-0.25, -0.2) is 0 Å². The summed E-state index contributed by atoms with van der Waals surface area (Å²) >= 11 is 0. The topological polar surface area (TPSA) is 0 Å². The van der Waals surface area contributed by atoms with Gasteiger partial charge in [0.15, 0.2) is 0 Å². The zero-order valence-electron chi connectivity index (χ0n) is 7.44. The minimum atomic E-state index is 1.13. The van der Waals surface area contributed by atoms with Crippen LogP contribution in [-0.2, 0) is 0 Å². The molecule has 2 rings (SSSR count). The van der Waals surface area contributed by atoms with Crippen LogP contribution in [0, 0.1) is 11.8 Å². The summed E-state index contributed by atoms with van der Waals surface area (Å²) in [6.45, 7) is 0. The summed E-state index contributed by atoms with van der Waals surface area (Å²) in [6, 6.07) is 0. The fourth-order valence-corrected chi connectivity index (χ4v) is 2.16. The van der Waals surface area contributed by atoms with E-state index in [0.29, 0.717) is 0 Å². The predicted molar refractivity (Wildman–Crippen MR) is 48.3 cm³/mol. The van der Waals surface area contributed by atoms with E-state index in [1.54, 1.807) is 0 Å². The van der Waals surface area contributed by atoms with Crippen LogP contribution < -0.4 is 0 Å². The molecule has 2 aliphatic rings. The maximum atomic E-state index is 1.91. The Hall–Kier alpha value is 0. The number of hydrogen-bond donors (Lipinski definition) is 0. The maximum Gasteiger partial charge on any atom is -0.0238 e. The molecule has 0 spiro atoms. The highest BCUT2D eigenvalue weighted by Crippen LogP contribution is 2.40. The third kappa shape index (κ3) is 2.50. The lowest BCUT2D eigenvalue weighted by Crippen LogP contribution is -1.96. The quantitative estimate of drug-likeness (QED) is 0.528. The zero-order valence-corrected chi connectivity index (χ0v) is 7.44. The average Bonchev–Trinajstić information content (AvgIpc) is 2.77. The van der Waals surface area contributed by atoms with Gasteiger partial charge in [-0.15, -0.1) is 0 Å². The first-order valence-corrected chi connectivity index (χ1v) is 5.29. The second-order valence-corrected chi connectivity index (χ2v) is 4.31. The Morgan fingerprint density at radius 2 is 1.55 bits per heavy atom. The van der Waals surface area contributed by atoms with E-state index in [4.69, 9.17) is 0 Å². The van der Waals surface area contributed by atoms with E-state index in [0.717, 1.165) is 5.92 Å². The molecule has 0 aromatic carbocycles. The third-order valence-electron chi connectivity index (χ3n) is 3.08. The molecule has 0 saturated heterocycles. The Balaban J connectivity index is 1.71. The van der Waals surface area contributed by atoms with E-state index in [2.05, 4.69) is 0 Å². The SMILES string of the molecule is C1CCC[C](CC2CC2)CC1. The van der Waals surface area contributed by atoms with Gasteiger partial charge in [-0.2, -0.15) is 0 Å². The van der Waals surface area contributed by atoms with Crippen molar-refractivity contribution in [2.24, 2.45) is 5.92 Å². The highest BCUT2D eigenvalue weighted by molar-refractivity contribution is 4.95. The lowest BCUT2D eigenvalue weighted by atomic mass is 9.94. The summed E-state index contributed by atoms with van der Waals surface area (Å²) in [5.41, 5.74) is 0. The highest BCUT2D eigenvalue weighted by atomic mass is 14.3. The van der Waals surface area contributed by atoms with Crippen LogP contribution in [0.5, 0.6) is 0 Å². The van der Waals surface area contributed by atoms with E-state index in [1.807, 2.05) is 5.92 Å². The summed E-state index contributed by atoms with van der Waals surface area (Å²) in [5, 5.41) is 0. The van der Waals surface area contributed by atoms with Gasteiger partial charge >= 0.3 is 0 Å². The second-order valence-electron chi connectivity index (χ2n) is 4.31. The summed E-state index contributed by atoms with van der Waals surface area (Å²) in [6.07, 6.45) is 13.5. The Morgan fingerprint density at radius 3 is 2.09 bits per heavy atom. The van der Waals surface area contributed by atoms with Gasteiger partial charge in [0.2, 0.25) is 0 Å². The second kappa shape index (κ2) is 3.60. The Labute approximate surface area is 70.4 Å². The summed E-state index contributed by atoms with van der Waals surface area (Å²) in [7, 11) is 0. The largest absolute Gasteiger partial charge is 0.0533 e. The minimum Gasteiger partial charge on any atom is -0.0533 e. The molecular formula is C11H19. The fourth-order valence-electron chi connectivity index (χ4n) is 2.16. The molecule has 0 aliphatic heterocycles. The first kappa shape index (κ1) is 7.64. The van der Waals surface area contributed by atoms with Gasteiger partial charge in [-0.05, 0) is 31.1 Å². The van der Waals surface area contributed by atoms with Crippen molar-refractivity contribution < 1.29 is 0 Å². The van der Waals surface area contributed by atoms with Gasteiger partial charge in [0.1, 0.15) is 0 Å². The predicted octanol–water partition coefficient (Wildman–Crippen LogP) is 3.72. The smallest absolute Gasteiger partial charge is 0.0238 e. The average molecular weight is 151 g/mol. The molecule has 11 heavy (non-hydrogen) atoms. The van der Waals surface area contributed by atoms with Crippen molar-refractivity contribution in [2.45, 2.75) is 57.8 Å². The van der Waals surface area contributed by atoms with Crippen molar-refractivity contribution in [1.82, 2.24) is 0 Å². The molecule has 2 aliphatic carbocycles. The van der Waals surface area contributed by atoms with Crippen LogP contribution in [0.15, 0.2) is 0 Å². The van der Waals surface area contributed by atoms with Gasteiger partial charge in [-0.1, -0.05) is 38.5 Å². The van der Waals surface area contributed by atoms with Gasteiger partial charge < -0.3 is 0 Å². The molecule has 0 N–H and O–H groups in total. The molecule has 2 fully saturated rings. The first-order chi connectivity index (χ1) is 5.45. The summed E-state index contributed by atoms with van der Waals surface area (Å²) < 4.78 is 0. The van der Waals surface area contributed by atoms with Crippen molar-refractivity contribution in [3.63, 3.8) is 0 Å². The van der Waals surface area contributed by atoms with Crippen LogP contribution in [0.2, 0.25) is 0 Å². The number of hydrogen-bond acceptors (Lipinski definition) is 0. The lowest BCUT2D eigenvalue weighted by molar-refractivity contribution is 0.619. The van der Waals surface area contributed by atoms with E-state index in [-0.39, 0.29) is 0 Å². The normalized spacial score (nSPS) is 28.4. The van der Waals surface area contributed by atoms with Gasteiger partial charge in [0.05, 0.1) is 0 Å². The Bertz CT molecular complexity index is 105. The summed E-state index contributed by atoms with van der Waals surface area (Å²) in [5.74, 6) is 3.04. The molecule has 0 heteroatoms. The van der Waals surface area contributed by atoms with E-state index in [1.165, 1.54) is 57.8 Å². The summed E-state index contributed by atoms with van der Waals surface area (Å²) in [4.78, 5) is 0. The van der Waals surface area contributed by atoms with E-state index >= 15 is 0 Å². The zero-order chi connectivity index (χ0) is 7.52. The van der Waals surface area contributed by atoms with Gasteiger partial charge in [0, 0.05) is 0 Å². The van der Waals surface area contributed by atoms with Crippen LogP contribution in [0.4, 0.5) is 0 Å². The first-order valence-electron chi connectivity index (χ1n) is 5.29. The molecule has 0 nitrogen and oxygen atoms in total. The molecule has 0 atom stereocenters. The standard InChI is InChI=1S/C11H19/c1-2-4-6-10(5-3-1)9-11-7-8-11/h11H,1-9H2. The van der Waals surface area contributed by atoms with Crippen LogP contribution in [0.1, 0.15) is 57.8 Å². The molecule has 0 bridgehead atoms. The number of rotatable bonds is 2. The molecule has 0 heterocycles. The monoisotopic (exact) mass is 151 g/mol. The van der Waals surface area contributed by atoms with Crippen LogP contribution in [0.25, 0.3) is 0 Å². The van der Waals surface area contributed by atoms with E-state index in [9.17, 15) is 0 Å². The van der Waals surface area contributed by atoms with Crippen LogP contribution >= 0.6 is 0 Å². The molecule has 0 aromatic rings. The van der Waals surface area contributed by atoms with Crippen molar-refractivity contribution in [1.29, 1.82) is 0 Å². The highest BCUT2D eigenvalue weighted by Gasteiger charge is 2.25. The Kier molecular flexibility index (Phi) is 2.50. The van der Waals surface area contributed by atoms with Gasteiger partial charge in [-0.3, -0.25) is 0 Å². The van der Waals surface area contributed by atoms with Crippen LogP contribution in [-0.4, -0.2) is 0 Å². The third-order valence-corrected chi connectivity index (χ3v) is 3.08. The molecule has 0 unspecified atom stereocenters. The molecule has 2 saturated carbocycles. The molecule has 0 amide bonds. The van der Waals surface area contributed by atoms with Crippen molar-refractivity contribution >= 4 is 0 Å². The van der Waals surface area contributed by atoms with Crippen LogP contribution in [0.3, 0.4) is 0 Å². The van der Waals surface area contributed by atoms with E-state index < -0.39 is 0 Å². The fraction of sp³-hybridized carbons (Fsp3) is 0.909. The maximum absolute atomic E-state index is 1.91. The van der Waals surface area contributed by atoms with Crippen molar-refractivity contribution in [2.75, 3.05) is 0 Å². The lowest BCUT2D eigenvalue weighted by Gasteiger charge is -2.11. The molecule has 63 valence electrons. The molecule has 1 radical (unpaired) electrons. The van der Waals surface area contributed by atoms with Crippen molar-refractivity contribution in [3.05, 3.63) is 5.92 Å². The van der Waals surface area contributed by atoms with Crippen molar-refractivity contribution in [3.8, 4) is 0 Å².